The molecule has 0 saturated carbocycles. The van der Waals surface area contributed by atoms with Gasteiger partial charge in [0.1, 0.15) is 11.9 Å². The zero-order valence-corrected chi connectivity index (χ0v) is 6.41. The van der Waals surface area contributed by atoms with Crippen LogP contribution in [0.3, 0.4) is 0 Å². The van der Waals surface area contributed by atoms with Crippen molar-refractivity contribution in [3.63, 3.8) is 0 Å². The van der Waals surface area contributed by atoms with Crippen LogP contribution in [0.4, 0.5) is 0 Å². The fourth-order valence-electron chi connectivity index (χ4n) is 0.646. The lowest BCUT2D eigenvalue weighted by Crippen LogP contribution is -2.23. The van der Waals surface area contributed by atoms with Gasteiger partial charge in [0.15, 0.2) is 5.78 Å². The van der Waals surface area contributed by atoms with Crippen molar-refractivity contribution in [1.29, 1.82) is 0 Å². The third-order valence-corrected chi connectivity index (χ3v) is 1.20. The van der Waals surface area contributed by atoms with Crippen LogP contribution >= 0.6 is 0 Å². The molecule has 0 fully saturated rings. The van der Waals surface area contributed by atoms with Gasteiger partial charge in [0.2, 0.25) is 0 Å². The first-order valence-corrected chi connectivity index (χ1v) is 3.39. The summed E-state index contributed by atoms with van der Waals surface area (Å²) in [7, 11) is 0. The van der Waals surface area contributed by atoms with Crippen LogP contribution in [0.1, 0.15) is 19.8 Å². The topological polar surface area (TPSA) is 74.6 Å². The summed E-state index contributed by atoms with van der Waals surface area (Å²) < 4.78 is 0. The summed E-state index contributed by atoms with van der Waals surface area (Å²) in [4.78, 5) is 21.1. The summed E-state index contributed by atoms with van der Waals surface area (Å²) in [6.45, 7) is 1.04. The van der Waals surface area contributed by atoms with Crippen LogP contribution in [0.25, 0.3) is 0 Å². The van der Waals surface area contributed by atoms with Crippen LogP contribution in [-0.4, -0.2) is 34.5 Å². The molecule has 0 aliphatic carbocycles. The predicted molar refractivity (Wildman–Crippen MR) is 38.0 cm³/mol. The van der Waals surface area contributed by atoms with Crippen LogP contribution in [0.2, 0.25) is 0 Å². The zero-order valence-electron chi connectivity index (χ0n) is 6.41. The minimum Gasteiger partial charge on any atom is -0.396 e. The highest BCUT2D eigenvalue weighted by molar-refractivity contribution is 5.99. The Morgan fingerprint density at radius 2 is 2.00 bits per heavy atom. The highest BCUT2D eigenvalue weighted by Gasteiger charge is 2.15. The van der Waals surface area contributed by atoms with Crippen LogP contribution in [0.15, 0.2) is 0 Å². The molecular formula is C7H12O4. The largest absolute Gasteiger partial charge is 0.396 e. The average molecular weight is 160 g/mol. The van der Waals surface area contributed by atoms with Crippen LogP contribution in [0, 0.1) is 0 Å². The van der Waals surface area contributed by atoms with Crippen molar-refractivity contribution in [2.45, 2.75) is 25.9 Å². The summed E-state index contributed by atoms with van der Waals surface area (Å²) in [5.41, 5.74) is 0. The molecule has 0 aromatic carbocycles. The zero-order chi connectivity index (χ0) is 8.85. The molecule has 1 atom stereocenters. The Labute approximate surface area is 64.8 Å². The third kappa shape index (κ3) is 4.64. The number of hydrogen-bond acceptors (Lipinski definition) is 4. The number of rotatable bonds is 5. The van der Waals surface area contributed by atoms with Gasteiger partial charge in [-0.05, 0) is 6.92 Å². The molecule has 0 rings (SSSR count). The minimum atomic E-state index is -1.19. The van der Waals surface area contributed by atoms with Crippen molar-refractivity contribution in [3.05, 3.63) is 0 Å². The number of carbonyl (C=O) groups is 2. The summed E-state index contributed by atoms with van der Waals surface area (Å²) in [6.07, 6.45) is -1.43. The summed E-state index contributed by atoms with van der Waals surface area (Å²) in [5.74, 6) is -0.793. The normalized spacial score (nSPS) is 12.6. The van der Waals surface area contributed by atoms with Crippen molar-refractivity contribution in [2.24, 2.45) is 0 Å². The number of carbonyl (C=O) groups excluding carboxylic acids is 2. The second kappa shape index (κ2) is 4.98. The summed E-state index contributed by atoms with van der Waals surface area (Å²) >= 11 is 0. The van der Waals surface area contributed by atoms with E-state index in [0.717, 1.165) is 0 Å². The number of ketones is 2. The highest BCUT2D eigenvalue weighted by Crippen LogP contribution is 1.96. The molecule has 4 nitrogen and oxygen atoms in total. The molecule has 0 radical (unpaired) electrons. The maximum absolute atomic E-state index is 10.8. The van der Waals surface area contributed by atoms with Crippen LogP contribution in [0.5, 0.6) is 0 Å². The van der Waals surface area contributed by atoms with Gasteiger partial charge in [0.05, 0.1) is 6.42 Å². The maximum atomic E-state index is 10.8. The Kier molecular flexibility index (Phi) is 4.65. The van der Waals surface area contributed by atoms with Gasteiger partial charge in [0, 0.05) is 13.0 Å². The summed E-state index contributed by atoms with van der Waals surface area (Å²) in [6, 6.07) is 0. The van der Waals surface area contributed by atoms with E-state index in [0.29, 0.717) is 0 Å². The van der Waals surface area contributed by atoms with E-state index >= 15 is 0 Å². The van der Waals surface area contributed by atoms with Gasteiger partial charge in [-0.15, -0.1) is 0 Å². The van der Waals surface area contributed by atoms with Crippen molar-refractivity contribution in [1.82, 2.24) is 0 Å². The van der Waals surface area contributed by atoms with Gasteiger partial charge >= 0.3 is 0 Å². The molecule has 0 spiro atoms. The molecule has 64 valence electrons. The van der Waals surface area contributed by atoms with Gasteiger partial charge in [0.25, 0.3) is 0 Å². The second-order valence-corrected chi connectivity index (χ2v) is 2.37. The first-order chi connectivity index (χ1) is 5.07. The molecule has 0 aliphatic rings. The quantitative estimate of drug-likeness (QED) is 0.520. The Bertz CT molecular complexity index is 153. The molecule has 0 aromatic rings. The fraction of sp³-hybridized carbons (Fsp3) is 0.714. The second-order valence-electron chi connectivity index (χ2n) is 2.37. The number of aliphatic hydroxyl groups is 2. The minimum absolute atomic E-state index is 0.00606. The fourth-order valence-corrected chi connectivity index (χ4v) is 0.646. The number of aliphatic hydroxyl groups excluding tert-OH is 2. The van der Waals surface area contributed by atoms with Gasteiger partial charge < -0.3 is 10.2 Å². The van der Waals surface area contributed by atoms with Crippen molar-refractivity contribution in [3.8, 4) is 0 Å². The van der Waals surface area contributed by atoms with E-state index in [1.165, 1.54) is 6.92 Å². The molecule has 0 heterocycles. The predicted octanol–water partition coefficient (Wildman–Crippen LogP) is -0.722. The van der Waals surface area contributed by atoms with Gasteiger partial charge in [-0.1, -0.05) is 0 Å². The molecule has 0 aromatic heterocycles. The molecule has 0 saturated heterocycles. The first-order valence-electron chi connectivity index (χ1n) is 3.39. The van der Waals surface area contributed by atoms with E-state index in [9.17, 15) is 9.59 Å². The average Bonchev–Trinajstić information content (AvgIpc) is 1.86. The Hall–Kier alpha value is -0.740. The Balaban J connectivity index is 3.73. The van der Waals surface area contributed by atoms with E-state index in [-0.39, 0.29) is 25.2 Å². The van der Waals surface area contributed by atoms with E-state index in [1.807, 2.05) is 0 Å². The molecule has 2 N–H and O–H groups in total. The molecule has 0 aliphatic heterocycles. The van der Waals surface area contributed by atoms with Crippen molar-refractivity contribution < 1.29 is 19.8 Å². The van der Waals surface area contributed by atoms with E-state index in [1.54, 1.807) is 0 Å². The molecular weight excluding hydrogens is 148 g/mol. The highest BCUT2D eigenvalue weighted by atomic mass is 16.3. The number of Topliss-reactive ketones (excluding diaryl/α,β-unsaturated/α-hetero) is 2. The van der Waals surface area contributed by atoms with Crippen molar-refractivity contribution in [2.75, 3.05) is 6.61 Å². The van der Waals surface area contributed by atoms with E-state index in [2.05, 4.69) is 0 Å². The van der Waals surface area contributed by atoms with Crippen LogP contribution < -0.4 is 0 Å². The lowest BCUT2D eigenvalue weighted by Gasteiger charge is -2.04. The lowest BCUT2D eigenvalue weighted by molar-refractivity contribution is -0.132. The van der Waals surface area contributed by atoms with E-state index < -0.39 is 11.9 Å². The van der Waals surface area contributed by atoms with E-state index in [4.69, 9.17) is 10.2 Å². The number of hydrogen-bond donors (Lipinski definition) is 2. The molecule has 0 bridgehead atoms. The lowest BCUT2D eigenvalue weighted by atomic mass is 10.1. The maximum Gasteiger partial charge on any atom is 0.168 e. The Morgan fingerprint density at radius 3 is 2.36 bits per heavy atom. The van der Waals surface area contributed by atoms with Gasteiger partial charge in [-0.3, -0.25) is 9.59 Å². The van der Waals surface area contributed by atoms with Gasteiger partial charge in [-0.2, -0.15) is 0 Å². The molecule has 0 amide bonds. The monoisotopic (exact) mass is 160 g/mol. The first kappa shape index (κ1) is 10.3. The van der Waals surface area contributed by atoms with Crippen molar-refractivity contribution >= 4 is 11.6 Å². The third-order valence-electron chi connectivity index (χ3n) is 1.20. The molecule has 11 heavy (non-hydrogen) atoms. The summed E-state index contributed by atoms with van der Waals surface area (Å²) in [5, 5.41) is 17.2. The standard InChI is InChI=1S/C7H12O4/c1-5(9)4-7(11)6(10)2-3-8/h6,8,10H,2-4H2,1H3. The molecule has 1 unspecified atom stereocenters. The Morgan fingerprint density at radius 1 is 1.45 bits per heavy atom. The molecule has 4 heteroatoms. The SMILES string of the molecule is CC(=O)CC(=O)C(O)CCO. The van der Waals surface area contributed by atoms with Crippen LogP contribution in [-0.2, 0) is 9.59 Å². The smallest absolute Gasteiger partial charge is 0.168 e. The van der Waals surface area contributed by atoms with Gasteiger partial charge in [-0.25, -0.2) is 0 Å².